The summed E-state index contributed by atoms with van der Waals surface area (Å²) in [6.07, 6.45) is 0. The fourth-order valence-corrected chi connectivity index (χ4v) is 2.72. The van der Waals surface area contributed by atoms with E-state index in [-0.39, 0.29) is 0 Å². The summed E-state index contributed by atoms with van der Waals surface area (Å²) < 4.78 is 7.01. The van der Waals surface area contributed by atoms with E-state index in [0.29, 0.717) is 12.5 Å². The van der Waals surface area contributed by atoms with Crippen molar-refractivity contribution in [1.82, 2.24) is 5.32 Å². The largest absolute Gasteiger partial charge is 0.487 e. The van der Waals surface area contributed by atoms with Gasteiger partial charge in [-0.25, -0.2) is 0 Å². The van der Waals surface area contributed by atoms with E-state index in [9.17, 15) is 0 Å². The van der Waals surface area contributed by atoms with Crippen molar-refractivity contribution < 1.29 is 4.74 Å². The molecule has 0 aliphatic heterocycles. The minimum absolute atomic E-state index is 0.561. The van der Waals surface area contributed by atoms with Gasteiger partial charge in [-0.2, -0.15) is 0 Å². The van der Waals surface area contributed by atoms with E-state index in [1.54, 1.807) is 0 Å². The molecule has 1 N–H and O–H groups in total. The number of hydrogen-bond donors (Lipinski definition) is 1. The van der Waals surface area contributed by atoms with Crippen molar-refractivity contribution in [2.45, 2.75) is 32.9 Å². The van der Waals surface area contributed by atoms with E-state index < -0.39 is 0 Å². The van der Waals surface area contributed by atoms with Crippen LogP contribution in [0.3, 0.4) is 0 Å². The molecule has 0 heterocycles. The predicted molar refractivity (Wildman–Crippen MR) is 91.8 cm³/mol. The van der Waals surface area contributed by atoms with Gasteiger partial charge in [0.25, 0.3) is 0 Å². The fourth-order valence-electron chi connectivity index (χ4n) is 2.20. The zero-order valence-electron chi connectivity index (χ0n) is 12.8. The molecule has 2 aromatic rings. The van der Waals surface area contributed by atoms with E-state index >= 15 is 0 Å². The molecule has 0 fully saturated rings. The standard InChI is InChI=1S/C18H22BrNO/c1-13(2)15-9-7-14(8-10-15)12-21-18-16(11-20-3)5-4-6-17(18)19/h4-10,13,20H,11-12H2,1-3H3. The average molecular weight is 348 g/mol. The lowest BCUT2D eigenvalue weighted by molar-refractivity contribution is 0.300. The van der Waals surface area contributed by atoms with Gasteiger partial charge in [-0.1, -0.05) is 50.2 Å². The summed E-state index contributed by atoms with van der Waals surface area (Å²) >= 11 is 3.57. The van der Waals surface area contributed by atoms with Crippen molar-refractivity contribution in [3.8, 4) is 5.75 Å². The maximum Gasteiger partial charge on any atom is 0.138 e. The fraction of sp³-hybridized carbons (Fsp3) is 0.333. The Balaban J connectivity index is 2.09. The smallest absolute Gasteiger partial charge is 0.138 e. The zero-order chi connectivity index (χ0) is 15.2. The summed E-state index contributed by atoms with van der Waals surface area (Å²) in [5.41, 5.74) is 3.70. The number of ether oxygens (including phenoxy) is 1. The van der Waals surface area contributed by atoms with Crippen LogP contribution < -0.4 is 10.1 Å². The van der Waals surface area contributed by atoms with Crippen molar-refractivity contribution in [1.29, 1.82) is 0 Å². The molecule has 0 bridgehead atoms. The van der Waals surface area contributed by atoms with Gasteiger partial charge in [0, 0.05) is 12.1 Å². The van der Waals surface area contributed by atoms with Crippen molar-refractivity contribution in [2.24, 2.45) is 0 Å². The van der Waals surface area contributed by atoms with Gasteiger partial charge < -0.3 is 10.1 Å². The van der Waals surface area contributed by atoms with Crippen molar-refractivity contribution >= 4 is 15.9 Å². The Morgan fingerprint density at radius 2 is 1.81 bits per heavy atom. The topological polar surface area (TPSA) is 21.3 Å². The molecule has 0 aromatic heterocycles. The first-order chi connectivity index (χ1) is 10.1. The first-order valence-corrected chi connectivity index (χ1v) is 8.04. The van der Waals surface area contributed by atoms with Crippen LogP contribution in [0.5, 0.6) is 5.75 Å². The summed E-state index contributed by atoms with van der Waals surface area (Å²) in [6.45, 7) is 5.78. The van der Waals surface area contributed by atoms with Gasteiger partial charge in [-0.3, -0.25) is 0 Å². The summed E-state index contributed by atoms with van der Waals surface area (Å²) in [4.78, 5) is 0. The first-order valence-electron chi connectivity index (χ1n) is 7.25. The van der Waals surface area contributed by atoms with Gasteiger partial charge >= 0.3 is 0 Å². The highest BCUT2D eigenvalue weighted by molar-refractivity contribution is 9.10. The zero-order valence-corrected chi connectivity index (χ0v) is 14.4. The Hall–Kier alpha value is -1.32. The molecule has 2 nitrogen and oxygen atoms in total. The highest BCUT2D eigenvalue weighted by Crippen LogP contribution is 2.30. The average Bonchev–Trinajstić information content (AvgIpc) is 2.47. The monoisotopic (exact) mass is 347 g/mol. The van der Waals surface area contributed by atoms with Gasteiger partial charge in [0.15, 0.2) is 0 Å². The maximum atomic E-state index is 6.02. The quantitative estimate of drug-likeness (QED) is 0.804. The molecular weight excluding hydrogens is 326 g/mol. The van der Waals surface area contributed by atoms with Gasteiger partial charge in [0.2, 0.25) is 0 Å². The number of benzene rings is 2. The lowest BCUT2D eigenvalue weighted by Crippen LogP contribution is -2.08. The van der Waals surface area contributed by atoms with E-state index in [1.165, 1.54) is 11.1 Å². The van der Waals surface area contributed by atoms with Crippen LogP contribution in [0.15, 0.2) is 46.9 Å². The molecule has 0 radical (unpaired) electrons. The third-order valence-corrected chi connectivity index (χ3v) is 4.07. The van der Waals surface area contributed by atoms with E-state index in [4.69, 9.17) is 4.74 Å². The molecule has 0 aliphatic carbocycles. The third-order valence-electron chi connectivity index (χ3n) is 3.45. The SMILES string of the molecule is CNCc1cccc(Br)c1OCc1ccc(C(C)C)cc1. The Morgan fingerprint density at radius 3 is 2.43 bits per heavy atom. The first kappa shape index (κ1) is 16.1. The molecule has 0 amide bonds. The van der Waals surface area contributed by atoms with Gasteiger partial charge in [-0.05, 0) is 46.1 Å². The number of para-hydroxylation sites is 1. The van der Waals surface area contributed by atoms with Crippen LogP contribution in [-0.4, -0.2) is 7.05 Å². The minimum Gasteiger partial charge on any atom is -0.487 e. The molecule has 0 aliphatic rings. The third kappa shape index (κ3) is 4.32. The molecule has 0 spiro atoms. The second-order valence-electron chi connectivity index (χ2n) is 5.44. The molecule has 0 atom stereocenters. The number of rotatable bonds is 6. The Morgan fingerprint density at radius 1 is 1.10 bits per heavy atom. The lowest BCUT2D eigenvalue weighted by Gasteiger charge is -2.14. The van der Waals surface area contributed by atoms with Gasteiger partial charge in [0.1, 0.15) is 12.4 Å². The van der Waals surface area contributed by atoms with Crippen molar-refractivity contribution in [2.75, 3.05) is 7.05 Å². The molecule has 2 rings (SSSR count). The second kappa shape index (κ2) is 7.62. The summed E-state index contributed by atoms with van der Waals surface area (Å²) in [6, 6.07) is 14.8. The van der Waals surface area contributed by atoms with E-state index in [1.807, 2.05) is 19.2 Å². The van der Waals surface area contributed by atoms with Gasteiger partial charge in [0.05, 0.1) is 4.47 Å². The Kier molecular flexibility index (Phi) is 5.83. The molecular formula is C18H22BrNO. The molecule has 0 saturated heterocycles. The second-order valence-corrected chi connectivity index (χ2v) is 6.30. The summed E-state index contributed by atoms with van der Waals surface area (Å²) in [5.74, 6) is 1.48. The maximum absolute atomic E-state index is 6.02. The number of nitrogens with one attached hydrogen (secondary N) is 1. The van der Waals surface area contributed by atoms with Crippen LogP contribution in [0.4, 0.5) is 0 Å². The van der Waals surface area contributed by atoms with Gasteiger partial charge in [-0.15, -0.1) is 0 Å². The van der Waals surface area contributed by atoms with Crippen LogP contribution in [0.25, 0.3) is 0 Å². The molecule has 3 heteroatoms. The molecule has 21 heavy (non-hydrogen) atoms. The summed E-state index contributed by atoms with van der Waals surface area (Å²) in [7, 11) is 1.94. The summed E-state index contributed by atoms with van der Waals surface area (Å²) in [5, 5.41) is 3.17. The normalized spacial score (nSPS) is 10.9. The van der Waals surface area contributed by atoms with Crippen LogP contribution in [0.2, 0.25) is 0 Å². The van der Waals surface area contributed by atoms with Crippen LogP contribution in [0.1, 0.15) is 36.5 Å². The van der Waals surface area contributed by atoms with Crippen molar-refractivity contribution in [3.05, 3.63) is 63.6 Å². The number of hydrogen-bond acceptors (Lipinski definition) is 2. The minimum atomic E-state index is 0.561. The number of halogens is 1. The lowest BCUT2D eigenvalue weighted by atomic mass is 10.0. The van der Waals surface area contributed by atoms with Crippen molar-refractivity contribution in [3.63, 3.8) is 0 Å². The highest BCUT2D eigenvalue weighted by atomic mass is 79.9. The predicted octanol–water partition coefficient (Wildman–Crippen LogP) is 4.87. The highest BCUT2D eigenvalue weighted by Gasteiger charge is 2.08. The Labute approximate surface area is 135 Å². The molecule has 0 saturated carbocycles. The molecule has 0 unspecified atom stereocenters. The Bertz CT molecular complexity index is 578. The molecule has 112 valence electrons. The van der Waals surface area contributed by atoms with Crippen LogP contribution in [-0.2, 0) is 13.2 Å². The van der Waals surface area contributed by atoms with Crippen LogP contribution in [0, 0.1) is 0 Å². The van der Waals surface area contributed by atoms with E-state index in [2.05, 4.69) is 65.4 Å². The molecule has 2 aromatic carbocycles. The van der Waals surface area contributed by atoms with Crippen LogP contribution >= 0.6 is 15.9 Å². The van der Waals surface area contributed by atoms with E-state index in [0.717, 1.165) is 22.3 Å².